The highest BCUT2D eigenvalue weighted by Crippen LogP contribution is 2.36. The van der Waals surface area contributed by atoms with Gasteiger partial charge in [-0.1, -0.05) is 0 Å². The second-order valence-corrected chi connectivity index (χ2v) is 8.82. The van der Waals surface area contributed by atoms with Crippen molar-refractivity contribution in [3.63, 3.8) is 0 Å². The molecule has 12 heteroatoms. The molecule has 0 aliphatic heterocycles. The van der Waals surface area contributed by atoms with Crippen LogP contribution in [0.4, 0.5) is 0 Å². The third-order valence-electron chi connectivity index (χ3n) is 6.65. The van der Waals surface area contributed by atoms with Gasteiger partial charge in [-0.2, -0.15) is 0 Å². The number of carboxylic acid groups (broad SMARTS) is 2. The summed E-state index contributed by atoms with van der Waals surface area (Å²) in [6, 6.07) is 0. The van der Waals surface area contributed by atoms with Gasteiger partial charge >= 0.3 is 17.9 Å². The van der Waals surface area contributed by atoms with Crippen molar-refractivity contribution in [1.82, 2.24) is 0 Å². The highest BCUT2D eigenvalue weighted by molar-refractivity contribution is 5.81. The Kier molecular flexibility index (Phi) is 12.0. The molecule has 2 rings (SSSR count). The zero-order valence-corrected chi connectivity index (χ0v) is 18.5. The molecule has 12 nitrogen and oxygen atoms in total. The van der Waals surface area contributed by atoms with Crippen molar-refractivity contribution in [2.45, 2.75) is 44.9 Å². The number of carbonyl (C=O) groups excluding carboxylic acids is 1. The monoisotopic (exact) mass is 478 g/mol. The van der Waals surface area contributed by atoms with Crippen molar-refractivity contribution in [3.8, 4) is 0 Å². The van der Waals surface area contributed by atoms with Crippen LogP contribution >= 0.6 is 0 Å². The lowest BCUT2D eigenvalue weighted by atomic mass is 9.74. The number of ether oxygens (including phenoxy) is 1. The molecule has 0 aromatic carbocycles. The number of carboxylic acids is 2. The van der Waals surface area contributed by atoms with Crippen LogP contribution in [0.2, 0.25) is 0 Å². The molecule has 0 aromatic rings. The lowest BCUT2D eigenvalue weighted by Crippen LogP contribution is -2.37. The van der Waals surface area contributed by atoms with Gasteiger partial charge in [0.15, 0.2) is 0 Å². The maximum absolute atomic E-state index is 12.4. The second kappa shape index (κ2) is 14.4. The molecule has 0 bridgehead atoms. The minimum Gasteiger partial charge on any atom is -0.481 e. The molecule has 2 aliphatic rings. The van der Waals surface area contributed by atoms with E-state index in [1.807, 2.05) is 0 Å². The normalized spacial score (nSPS) is 30.0. The zero-order valence-electron chi connectivity index (χ0n) is 18.5. The van der Waals surface area contributed by atoms with Crippen molar-refractivity contribution in [2.24, 2.45) is 35.5 Å². The molecule has 4 N–H and O–H groups in total. The number of carbonyl (C=O) groups is 3. The third kappa shape index (κ3) is 8.80. The van der Waals surface area contributed by atoms with E-state index >= 15 is 0 Å². The van der Waals surface area contributed by atoms with Crippen LogP contribution in [0.5, 0.6) is 0 Å². The fourth-order valence-corrected chi connectivity index (χ4v) is 4.73. The number of hydrogen-bond donors (Lipinski definition) is 4. The van der Waals surface area contributed by atoms with E-state index in [1.54, 1.807) is 0 Å². The fourth-order valence-electron chi connectivity index (χ4n) is 4.73. The van der Waals surface area contributed by atoms with Crippen LogP contribution in [0.1, 0.15) is 44.9 Å². The van der Waals surface area contributed by atoms with Crippen LogP contribution in [0.25, 0.3) is 0 Å². The van der Waals surface area contributed by atoms with Crippen molar-refractivity contribution in [1.29, 1.82) is 0 Å². The zero-order chi connectivity index (χ0) is 24.2. The molecule has 0 saturated heterocycles. The molecular weight excluding hydrogens is 444 g/mol. The van der Waals surface area contributed by atoms with Crippen molar-refractivity contribution in [2.75, 3.05) is 33.0 Å². The first-order valence-corrected chi connectivity index (χ1v) is 11.3. The standard InChI is InChI=1S/C21H34O12/c22-19(23)14-3-4-15(11-31-28)16(9-14)12-33-32-7-1-6-29-21(26)18-8-13(10-30-27)2-5-17(18)20(24)25/h13-18,27-28H,1-12H2,(H,22,23)(H,24,25). The average molecular weight is 478 g/mol. The van der Waals surface area contributed by atoms with Crippen LogP contribution in [0.15, 0.2) is 0 Å². The quantitative estimate of drug-likeness (QED) is 0.124. The summed E-state index contributed by atoms with van der Waals surface area (Å²) in [6.45, 7) is 0.435. The van der Waals surface area contributed by atoms with E-state index in [0.29, 0.717) is 38.5 Å². The van der Waals surface area contributed by atoms with E-state index in [0.717, 1.165) is 0 Å². The van der Waals surface area contributed by atoms with E-state index in [9.17, 15) is 24.6 Å². The molecule has 6 unspecified atom stereocenters. The Balaban J connectivity index is 1.67. The molecule has 33 heavy (non-hydrogen) atoms. The Morgan fingerprint density at radius 2 is 1.48 bits per heavy atom. The third-order valence-corrected chi connectivity index (χ3v) is 6.65. The van der Waals surface area contributed by atoms with Gasteiger partial charge in [-0.25, -0.2) is 19.6 Å². The van der Waals surface area contributed by atoms with Crippen molar-refractivity contribution < 1.29 is 59.4 Å². The molecule has 190 valence electrons. The molecular formula is C21H34O12. The first-order chi connectivity index (χ1) is 15.9. The van der Waals surface area contributed by atoms with Gasteiger partial charge in [0.2, 0.25) is 0 Å². The summed E-state index contributed by atoms with van der Waals surface area (Å²) in [5.74, 6) is -4.88. The number of rotatable bonds is 14. The van der Waals surface area contributed by atoms with Crippen LogP contribution in [0.3, 0.4) is 0 Å². The Labute approximate surface area is 191 Å². The van der Waals surface area contributed by atoms with Gasteiger partial charge in [0, 0.05) is 6.42 Å². The number of aliphatic carboxylic acids is 2. The van der Waals surface area contributed by atoms with E-state index in [2.05, 4.69) is 9.78 Å². The Bertz CT molecular complexity index is 626. The van der Waals surface area contributed by atoms with Gasteiger partial charge in [0.05, 0.1) is 50.8 Å². The van der Waals surface area contributed by atoms with E-state index in [1.165, 1.54) is 0 Å². The number of esters is 1. The maximum Gasteiger partial charge on any atom is 0.309 e. The summed E-state index contributed by atoms with van der Waals surface area (Å²) in [7, 11) is 0. The van der Waals surface area contributed by atoms with Crippen molar-refractivity contribution in [3.05, 3.63) is 0 Å². The molecule has 0 amide bonds. The maximum atomic E-state index is 12.4. The molecule has 2 saturated carbocycles. The summed E-state index contributed by atoms with van der Waals surface area (Å²) in [4.78, 5) is 53.8. The predicted molar refractivity (Wildman–Crippen MR) is 109 cm³/mol. The molecule has 0 radical (unpaired) electrons. The lowest BCUT2D eigenvalue weighted by Gasteiger charge is -2.33. The summed E-state index contributed by atoms with van der Waals surface area (Å²) < 4.78 is 5.22. The number of hydrogen-bond acceptors (Lipinski definition) is 10. The summed E-state index contributed by atoms with van der Waals surface area (Å²) in [5, 5.41) is 35.9. The van der Waals surface area contributed by atoms with Crippen LogP contribution in [-0.4, -0.2) is 71.7 Å². The van der Waals surface area contributed by atoms with Gasteiger partial charge in [-0.05, 0) is 56.3 Å². The van der Waals surface area contributed by atoms with Crippen molar-refractivity contribution >= 4 is 17.9 Å². The molecule has 6 atom stereocenters. The second-order valence-electron chi connectivity index (χ2n) is 8.82. The first-order valence-electron chi connectivity index (χ1n) is 11.3. The highest BCUT2D eigenvalue weighted by atomic mass is 17.2. The van der Waals surface area contributed by atoms with E-state index < -0.39 is 35.7 Å². The minimum atomic E-state index is -1.05. The van der Waals surface area contributed by atoms with E-state index in [-0.39, 0.29) is 57.2 Å². The minimum absolute atomic E-state index is 0.0255. The molecule has 2 aliphatic carbocycles. The average Bonchev–Trinajstić information content (AvgIpc) is 2.79. The van der Waals surface area contributed by atoms with Crippen LogP contribution < -0.4 is 0 Å². The van der Waals surface area contributed by atoms with Gasteiger partial charge < -0.3 is 14.9 Å². The van der Waals surface area contributed by atoms with Gasteiger partial charge in [0.25, 0.3) is 0 Å². The fraction of sp³-hybridized carbons (Fsp3) is 0.857. The Morgan fingerprint density at radius 1 is 0.727 bits per heavy atom. The van der Waals surface area contributed by atoms with Gasteiger partial charge in [0.1, 0.15) is 0 Å². The summed E-state index contributed by atoms with van der Waals surface area (Å²) in [5.41, 5.74) is 0. The van der Waals surface area contributed by atoms with Crippen LogP contribution in [0, 0.1) is 35.5 Å². The molecule has 2 fully saturated rings. The van der Waals surface area contributed by atoms with Crippen LogP contribution in [-0.2, 0) is 38.7 Å². The SMILES string of the molecule is O=C(O)C1CCC(COO)C(COOCCCOC(=O)C2CC(COO)CCC2C(=O)O)C1. The molecule has 0 spiro atoms. The summed E-state index contributed by atoms with van der Waals surface area (Å²) in [6.07, 6.45) is 2.98. The Hall–Kier alpha value is -1.83. The predicted octanol–water partition coefficient (Wildman–Crippen LogP) is 2.08. The van der Waals surface area contributed by atoms with Gasteiger partial charge in [-0.3, -0.25) is 24.9 Å². The smallest absolute Gasteiger partial charge is 0.309 e. The Morgan fingerprint density at radius 3 is 2.15 bits per heavy atom. The largest absolute Gasteiger partial charge is 0.481 e. The highest BCUT2D eigenvalue weighted by Gasteiger charge is 2.40. The van der Waals surface area contributed by atoms with E-state index in [4.69, 9.17) is 25.0 Å². The first kappa shape index (κ1) is 27.4. The summed E-state index contributed by atoms with van der Waals surface area (Å²) >= 11 is 0. The van der Waals surface area contributed by atoms with Gasteiger partial charge in [-0.15, -0.1) is 0 Å². The topological polar surface area (TPSA) is 178 Å². The molecule has 0 aromatic heterocycles. The lowest BCUT2D eigenvalue weighted by molar-refractivity contribution is -0.310. The molecule has 0 heterocycles.